The standard InChI is InChI=1S/C10H11F2NO/c11-8-1-2-10(12)7(5-8)6-9(14)3-4-13/h1-2,5H,3-4,6,13H2. The molecule has 0 aliphatic carbocycles. The maximum absolute atomic E-state index is 13.0. The third-order valence-electron chi connectivity index (χ3n) is 1.82. The largest absolute Gasteiger partial charge is 0.330 e. The van der Waals surface area contributed by atoms with Gasteiger partial charge in [0.05, 0.1) is 0 Å². The minimum atomic E-state index is -0.559. The molecular weight excluding hydrogens is 188 g/mol. The van der Waals surface area contributed by atoms with Crippen LogP contribution in [0.5, 0.6) is 0 Å². The number of hydrogen-bond donors (Lipinski definition) is 1. The van der Waals surface area contributed by atoms with Gasteiger partial charge in [0.2, 0.25) is 0 Å². The van der Waals surface area contributed by atoms with Crippen molar-refractivity contribution in [3.8, 4) is 0 Å². The summed E-state index contributed by atoms with van der Waals surface area (Å²) < 4.78 is 25.7. The maximum atomic E-state index is 13.0. The van der Waals surface area contributed by atoms with E-state index < -0.39 is 11.6 Å². The summed E-state index contributed by atoms with van der Waals surface area (Å²) >= 11 is 0. The first-order valence-electron chi connectivity index (χ1n) is 4.29. The van der Waals surface area contributed by atoms with Gasteiger partial charge in [0.15, 0.2) is 0 Å². The summed E-state index contributed by atoms with van der Waals surface area (Å²) in [6.07, 6.45) is 0.0940. The van der Waals surface area contributed by atoms with Crippen molar-refractivity contribution in [2.24, 2.45) is 5.73 Å². The Labute approximate surface area is 80.7 Å². The molecule has 0 spiro atoms. The van der Waals surface area contributed by atoms with Crippen LogP contribution in [0, 0.1) is 11.6 Å². The van der Waals surface area contributed by atoms with Crippen molar-refractivity contribution in [2.75, 3.05) is 6.54 Å². The predicted molar refractivity (Wildman–Crippen MR) is 48.7 cm³/mol. The second kappa shape index (κ2) is 4.81. The van der Waals surface area contributed by atoms with Crippen LogP contribution in [0.4, 0.5) is 8.78 Å². The molecule has 0 saturated heterocycles. The van der Waals surface area contributed by atoms with E-state index in [0.717, 1.165) is 18.2 Å². The van der Waals surface area contributed by atoms with Crippen LogP contribution in [0.3, 0.4) is 0 Å². The molecular formula is C10H11F2NO. The summed E-state index contributed by atoms with van der Waals surface area (Å²) in [6, 6.07) is 3.07. The third kappa shape index (κ3) is 2.88. The zero-order valence-electron chi connectivity index (χ0n) is 7.59. The SMILES string of the molecule is NCCC(=O)Cc1cc(F)ccc1F. The molecule has 0 amide bonds. The monoisotopic (exact) mass is 199 g/mol. The Bertz CT molecular complexity index is 339. The number of ketones is 1. The van der Waals surface area contributed by atoms with Crippen LogP contribution in [-0.4, -0.2) is 12.3 Å². The van der Waals surface area contributed by atoms with Crippen LogP contribution in [0.1, 0.15) is 12.0 Å². The Morgan fingerprint density at radius 3 is 2.71 bits per heavy atom. The molecule has 1 rings (SSSR count). The number of nitrogens with two attached hydrogens (primary N) is 1. The summed E-state index contributed by atoms with van der Waals surface area (Å²) in [5.74, 6) is -1.28. The highest BCUT2D eigenvalue weighted by Crippen LogP contribution is 2.11. The summed E-state index contributed by atoms with van der Waals surface area (Å²) in [4.78, 5) is 11.1. The van der Waals surface area contributed by atoms with E-state index >= 15 is 0 Å². The first kappa shape index (κ1) is 10.8. The molecule has 76 valence electrons. The van der Waals surface area contributed by atoms with Crippen LogP contribution in [0.25, 0.3) is 0 Å². The lowest BCUT2D eigenvalue weighted by atomic mass is 10.1. The number of halogens is 2. The number of benzene rings is 1. The van der Waals surface area contributed by atoms with E-state index in [1.165, 1.54) is 0 Å². The van der Waals surface area contributed by atoms with E-state index in [2.05, 4.69) is 0 Å². The van der Waals surface area contributed by atoms with Gasteiger partial charge in [-0.3, -0.25) is 4.79 Å². The first-order chi connectivity index (χ1) is 6.63. The molecule has 0 atom stereocenters. The Morgan fingerprint density at radius 1 is 1.36 bits per heavy atom. The van der Waals surface area contributed by atoms with E-state index in [1.807, 2.05) is 0 Å². The van der Waals surface area contributed by atoms with Crippen molar-refractivity contribution < 1.29 is 13.6 Å². The van der Waals surface area contributed by atoms with Gasteiger partial charge in [0.25, 0.3) is 0 Å². The highest BCUT2D eigenvalue weighted by atomic mass is 19.1. The summed E-state index contributed by atoms with van der Waals surface area (Å²) in [6.45, 7) is 0.232. The van der Waals surface area contributed by atoms with E-state index in [9.17, 15) is 13.6 Å². The lowest BCUT2D eigenvalue weighted by molar-refractivity contribution is -0.118. The summed E-state index contributed by atoms with van der Waals surface area (Å²) in [5, 5.41) is 0. The topological polar surface area (TPSA) is 43.1 Å². The average Bonchev–Trinajstić information content (AvgIpc) is 2.12. The van der Waals surface area contributed by atoms with E-state index in [4.69, 9.17) is 5.73 Å². The molecule has 0 radical (unpaired) electrons. The van der Waals surface area contributed by atoms with Gasteiger partial charge in [-0.05, 0) is 30.3 Å². The van der Waals surface area contributed by atoms with Crippen molar-refractivity contribution in [3.63, 3.8) is 0 Å². The fourth-order valence-electron chi connectivity index (χ4n) is 1.14. The second-order valence-electron chi connectivity index (χ2n) is 2.99. The molecule has 0 heterocycles. The Hall–Kier alpha value is -1.29. The van der Waals surface area contributed by atoms with Gasteiger partial charge in [-0.25, -0.2) is 8.78 Å². The van der Waals surface area contributed by atoms with Crippen molar-refractivity contribution in [2.45, 2.75) is 12.8 Å². The zero-order chi connectivity index (χ0) is 10.6. The smallest absolute Gasteiger partial charge is 0.138 e. The molecule has 0 bridgehead atoms. The van der Waals surface area contributed by atoms with Crippen molar-refractivity contribution in [1.29, 1.82) is 0 Å². The highest BCUT2D eigenvalue weighted by Gasteiger charge is 2.08. The van der Waals surface area contributed by atoms with Gasteiger partial charge < -0.3 is 5.73 Å². The van der Waals surface area contributed by atoms with Gasteiger partial charge in [-0.1, -0.05) is 0 Å². The van der Waals surface area contributed by atoms with E-state index in [0.29, 0.717) is 0 Å². The number of rotatable bonds is 4. The molecule has 0 aromatic heterocycles. The second-order valence-corrected chi connectivity index (χ2v) is 2.99. The quantitative estimate of drug-likeness (QED) is 0.797. The van der Waals surface area contributed by atoms with Gasteiger partial charge in [0, 0.05) is 12.8 Å². The molecule has 2 nitrogen and oxygen atoms in total. The summed E-state index contributed by atoms with van der Waals surface area (Å²) in [5.41, 5.74) is 5.25. The first-order valence-corrected chi connectivity index (χ1v) is 4.29. The molecule has 0 aliphatic heterocycles. The van der Waals surface area contributed by atoms with Crippen LogP contribution in [0.15, 0.2) is 18.2 Å². The molecule has 0 unspecified atom stereocenters. The minimum absolute atomic E-state index is 0.0865. The van der Waals surface area contributed by atoms with Crippen molar-refractivity contribution >= 4 is 5.78 Å². The van der Waals surface area contributed by atoms with E-state index in [-0.39, 0.29) is 30.7 Å². The maximum Gasteiger partial charge on any atom is 0.138 e. The molecule has 2 N–H and O–H groups in total. The number of Topliss-reactive ketones (excluding diaryl/α,β-unsaturated/α-hetero) is 1. The average molecular weight is 199 g/mol. The fraction of sp³-hybridized carbons (Fsp3) is 0.300. The zero-order valence-corrected chi connectivity index (χ0v) is 7.59. The fourth-order valence-corrected chi connectivity index (χ4v) is 1.14. The van der Waals surface area contributed by atoms with Crippen LogP contribution >= 0.6 is 0 Å². The molecule has 14 heavy (non-hydrogen) atoms. The predicted octanol–water partition coefficient (Wildman–Crippen LogP) is 1.43. The highest BCUT2D eigenvalue weighted by molar-refractivity contribution is 5.81. The molecule has 0 fully saturated rings. The lowest BCUT2D eigenvalue weighted by Gasteiger charge is -2.01. The number of carbonyl (C=O) groups excluding carboxylic acids is 1. The molecule has 1 aromatic carbocycles. The Kier molecular flexibility index (Phi) is 3.71. The van der Waals surface area contributed by atoms with Crippen molar-refractivity contribution in [1.82, 2.24) is 0 Å². The lowest BCUT2D eigenvalue weighted by Crippen LogP contribution is -2.11. The number of carbonyl (C=O) groups is 1. The van der Waals surface area contributed by atoms with Gasteiger partial charge in [-0.15, -0.1) is 0 Å². The molecule has 1 aromatic rings. The Balaban J connectivity index is 2.75. The van der Waals surface area contributed by atoms with Gasteiger partial charge in [-0.2, -0.15) is 0 Å². The van der Waals surface area contributed by atoms with Gasteiger partial charge >= 0.3 is 0 Å². The van der Waals surface area contributed by atoms with Crippen LogP contribution in [-0.2, 0) is 11.2 Å². The Morgan fingerprint density at radius 2 is 2.07 bits per heavy atom. The molecule has 0 aliphatic rings. The van der Waals surface area contributed by atoms with Crippen LogP contribution < -0.4 is 5.73 Å². The van der Waals surface area contributed by atoms with E-state index in [1.54, 1.807) is 0 Å². The van der Waals surface area contributed by atoms with Gasteiger partial charge in [0.1, 0.15) is 17.4 Å². The normalized spacial score (nSPS) is 10.2. The van der Waals surface area contributed by atoms with Crippen molar-refractivity contribution in [3.05, 3.63) is 35.4 Å². The minimum Gasteiger partial charge on any atom is -0.330 e. The summed E-state index contributed by atoms with van der Waals surface area (Å²) in [7, 11) is 0. The molecule has 4 heteroatoms. The van der Waals surface area contributed by atoms with Crippen LogP contribution in [0.2, 0.25) is 0 Å². The third-order valence-corrected chi connectivity index (χ3v) is 1.82. The molecule has 0 saturated carbocycles. The number of hydrogen-bond acceptors (Lipinski definition) is 2.